The van der Waals surface area contributed by atoms with Gasteiger partial charge in [0.1, 0.15) is 72.4 Å². The van der Waals surface area contributed by atoms with Crippen molar-refractivity contribution in [3.63, 3.8) is 0 Å². The number of carbonyl (C=O) groups is 6. The van der Waals surface area contributed by atoms with E-state index in [1.165, 1.54) is 13.8 Å². The van der Waals surface area contributed by atoms with Crippen molar-refractivity contribution in [2.75, 3.05) is 106 Å². The summed E-state index contributed by atoms with van der Waals surface area (Å²) in [5.74, 6) is 2.30. The Labute approximate surface area is 557 Å². The molecule has 0 atom stereocenters. The smallest absolute Gasteiger partial charge is 0.302 e. The van der Waals surface area contributed by atoms with Crippen LogP contribution >= 0.6 is 55.1 Å². The van der Waals surface area contributed by atoms with Gasteiger partial charge in [0.05, 0.1) is 74.7 Å². The van der Waals surface area contributed by atoms with Gasteiger partial charge >= 0.3 is 11.9 Å². The number of halogens is 4. The van der Waals surface area contributed by atoms with Gasteiger partial charge in [-0.1, -0.05) is 83.2 Å². The molecular weight excluding hydrogens is 1340 g/mol. The molecule has 0 bridgehead atoms. The van der Waals surface area contributed by atoms with Crippen LogP contribution in [0.1, 0.15) is 159 Å². The van der Waals surface area contributed by atoms with Gasteiger partial charge in [0.25, 0.3) is 0 Å². The molecule has 0 amide bonds. The zero-order valence-electron chi connectivity index (χ0n) is 52.4. The lowest BCUT2D eigenvalue weighted by molar-refractivity contribution is -0.143. The van der Waals surface area contributed by atoms with Gasteiger partial charge in [0, 0.05) is 36.1 Å². The quantitative estimate of drug-likeness (QED) is 0.0191. The molecule has 4 aromatic rings. The molecule has 0 heterocycles. The first-order chi connectivity index (χ1) is 43.1. The second-order valence-electron chi connectivity index (χ2n) is 22.1. The molecule has 18 nitrogen and oxygen atoms in total. The summed E-state index contributed by atoms with van der Waals surface area (Å²) in [6.07, 6.45) is 13.3. The molecule has 4 aromatic carbocycles. The van der Waals surface area contributed by atoms with Gasteiger partial charge in [-0.05, 0) is 149 Å². The van der Waals surface area contributed by atoms with E-state index in [9.17, 15) is 28.8 Å². The normalized spacial score (nSPS) is 15.4. The van der Waals surface area contributed by atoms with E-state index < -0.39 is 14.1 Å². The average molecular weight is 1430 g/mol. The highest BCUT2D eigenvalue weighted by Gasteiger charge is 2.40. The van der Waals surface area contributed by atoms with Crippen molar-refractivity contribution in [2.45, 2.75) is 136 Å². The van der Waals surface area contributed by atoms with Crippen molar-refractivity contribution >= 4 is 90.1 Å². The Balaban J connectivity index is 0.000000259. The van der Waals surface area contributed by atoms with Crippen molar-refractivity contribution in [3.8, 4) is 23.0 Å². The minimum absolute atomic E-state index is 0.00854. The zero-order chi connectivity index (χ0) is 65.7. The molecule has 2 N–H and O–H groups in total. The van der Waals surface area contributed by atoms with Crippen LogP contribution in [0.2, 0.25) is 0 Å². The van der Waals surface area contributed by atoms with E-state index in [1.54, 1.807) is 97.1 Å². The van der Waals surface area contributed by atoms with Crippen molar-refractivity contribution in [1.29, 1.82) is 0 Å². The number of hydrogen-bond acceptors (Lipinski definition) is 18. The molecular formula is C68H90Br2Cl2O18. The second kappa shape index (κ2) is 42.3. The molecule has 0 spiro atoms. The fraction of sp³-hybridized carbons (Fsp3) is 0.559. The van der Waals surface area contributed by atoms with Crippen molar-refractivity contribution in [3.05, 3.63) is 119 Å². The maximum absolute atomic E-state index is 12.6. The van der Waals surface area contributed by atoms with Gasteiger partial charge in [-0.15, -0.1) is 23.2 Å². The van der Waals surface area contributed by atoms with E-state index in [0.29, 0.717) is 118 Å². The van der Waals surface area contributed by atoms with Crippen LogP contribution in [0.15, 0.2) is 97.1 Å². The molecule has 7 rings (SSSR count). The largest absolute Gasteiger partial charge is 0.491 e. The monoisotopic (exact) mass is 1420 g/mol. The minimum atomic E-state index is -0.740. The summed E-state index contributed by atoms with van der Waals surface area (Å²) in [5, 5.41) is 17.2. The number of esters is 2. The van der Waals surface area contributed by atoms with Crippen LogP contribution in [0.5, 0.6) is 23.0 Å². The fourth-order valence-corrected chi connectivity index (χ4v) is 11.4. The number of benzene rings is 4. The number of aliphatic hydroxyl groups excluding tert-OH is 2. The molecule has 0 unspecified atom stereocenters. The Kier molecular flexibility index (Phi) is 36.4. The minimum Gasteiger partial charge on any atom is -0.491 e. The number of alkyl halides is 4. The number of Topliss-reactive ketones (excluding diaryl/α,β-unsaturated/α-hetero) is 4. The summed E-state index contributed by atoms with van der Waals surface area (Å²) in [6, 6.07) is 28.3. The zero-order valence-corrected chi connectivity index (χ0v) is 57.1. The lowest BCUT2D eigenvalue weighted by atomic mass is 9.83. The molecule has 3 aliphatic rings. The molecule has 0 aliphatic heterocycles. The third kappa shape index (κ3) is 29.3. The molecule has 90 heavy (non-hydrogen) atoms. The maximum atomic E-state index is 12.6. The number of hydrogen-bond donors (Lipinski definition) is 2. The maximum Gasteiger partial charge on any atom is 0.302 e. The second-order valence-corrected chi connectivity index (χ2v) is 27.0. The van der Waals surface area contributed by atoms with Gasteiger partial charge < -0.3 is 57.6 Å². The van der Waals surface area contributed by atoms with Gasteiger partial charge in [0.2, 0.25) is 0 Å². The van der Waals surface area contributed by atoms with Crippen LogP contribution < -0.4 is 18.9 Å². The third-order valence-corrected chi connectivity index (χ3v) is 17.1. The average Bonchev–Trinajstić information content (AvgIpc) is 2.24. The first-order valence-electron chi connectivity index (χ1n) is 30.8. The van der Waals surface area contributed by atoms with Gasteiger partial charge in [-0.25, -0.2) is 0 Å². The molecule has 3 fully saturated rings. The Morgan fingerprint density at radius 1 is 0.400 bits per heavy atom. The number of carbonyl (C=O) groups excluding carboxylic acids is 6. The molecule has 22 heteroatoms. The van der Waals surface area contributed by atoms with E-state index in [-0.39, 0.29) is 72.4 Å². The summed E-state index contributed by atoms with van der Waals surface area (Å²) < 4.78 is 51.5. The lowest BCUT2D eigenvalue weighted by Gasteiger charge is -2.29. The molecule has 0 radical (unpaired) electrons. The predicted molar refractivity (Wildman–Crippen MR) is 352 cm³/mol. The third-order valence-electron chi connectivity index (χ3n) is 14.4. The first kappa shape index (κ1) is 77.4. The van der Waals surface area contributed by atoms with Crippen LogP contribution in [0.4, 0.5) is 0 Å². The number of ketones is 4. The molecule has 0 saturated heterocycles. The van der Waals surface area contributed by atoms with Crippen molar-refractivity contribution < 1.29 is 86.3 Å². The highest BCUT2D eigenvalue weighted by atomic mass is 79.9. The topological polar surface area (TPSA) is 235 Å². The molecule has 498 valence electrons. The standard InChI is InChI=1S/C19H25ClO5.C19H27ClO5.C18H23BrO5.C12H15BrO3/c1-15(21)24-13-11-23-12-14-25-17-7-5-16(6-8-17)18(22)19(20)9-3-2-4-10-19;20-19(8-2-1-3-9-19)18(22)16-4-6-17(7-5-16)25-15-14-24-13-12-23-11-10-21;1-14(20)23-12-10-22-11-13-24-16-6-4-15(5-7-16)17(21)18(19)8-2-3-9-18;1-12(2,13)11(15)9-3-5-10(6-4-9)16-8-7-14/h5-8H,2-4,9-14H2,1H3;4-7,21H,1-3,8-15H2;4-7H,2-3,8-13H2,1H3;3-6,14H,7-8H2,1-2H3. The Morgan fingerprint density at radius 2 is 0.678 bits per heavy atom. The Bertz CT molecular complexity index is 2720. The van der Waals surface area contributed by atoms with Crippen LogP contribution in [-0.2, 0) is 38.0 Å². The highest BCUT2D eigenvalue weighted by Crippen LogP contribution is 2.41. The van der Waals surface area contributed by atoms with E-state index in [2.05, 4.69) is 31.9 Å². The summed E-state index contributed by atoms with van der Waals surface area (Å²) >= 11 is 20.0. The van der Waals surface area contributed by atoms with Crippen LogP contribution in [-0.4, -0.2) is 169 Å². The number of ether oxygens (including phenoxy) is 10. The van der Waals surface area contributed by atoms with Crippen LogP contribution in [0.3, 0.4) is 0 Å². The molecule has 0 aromatic heterocycles. The molecule has 3 aliphatic carbocycles. The van der Waals surface area contributed by atoms with Gasteiger partial charge in [-0.2, -0.15) is 0 Å². The van der Waals surface area contributed by atoms with E-state index in [0.717, 1.165) is 89.9 Å². The number of aliphatic hydroxyl groups is 2. The van der Waals surface area contributed by atoms with E-state index in [4.69, 9.17) is 80.8 Å². The summed E-state index contributed by atoms with van der Waals surface area (Å²) in [5.41, 5.74) is 2.61. The van der Waals surface area contributed by atoms with E-state index in [1.807, 2.05) is 13.8 Å². The van der Waals surface area contributed by atoms with Crippen LogP contribution in [0.25, 0.3) is 0 Å². The summed E-state index contributed by atoms with van der Waals surface area (Å²) in [6.45, 7) is 11.5. The lowest BCUT2D eigenvalue weighted by Crippen LogP contribution is -2.34. The first-order valence-corrected chi connectivity index (χ1v) is 33.1. The Hall–Kier alpha value is -5.00. The summed E-state index contributed by atoms with van der Waals surface area (Å²) in [7, 11) is 0. The summed E-state index contributed by atoms with van der Waals surface area (Å²) in [4.78, 5) is 69.3. The van der Waals surface area contributed by atoms with Gasteiger partial charge in [-0.3, -0.25) is 28.8 Å². The van der Waals surface area contributed by atoms with Crippen molar-refractivity contribution in [2.24, 2.45) is 0 Å². The van der Waals surface area contributed by atoms with Gasteiger partial charge in [0.15, 0.2) is 23.1 Å². The Morgan fingerprint density at radius 3 is 1.00 bits per heavy atom. The molecule has 3 saturated carbocycles. The number of rotatable bonds is 34. The highest BCUT2D eigenvalue weighted by molar-refractivity contribution is 9.10. The SMILES string of the molecule is CC(=O)OCCOCCOc1ccc(C(=O)C2(Br)CCCC2)cc1.CC(=O)OCCOCCOc1ccc(C(=O)C2(Cl)CCCCC2)cc1.CC(C)(Br)C(=O)c1ccc(OCCO)cc1.O=C(c1ccc(OCCOCCOCCO)cc1)C1(Cl)CCCCC1. The van der Waals surface area contributed by atoms with Crippen molar-refractivity contribution in [1.82, 2.24) is 0 Å². The predicted octanol–water partition coefficient (Wildman–Crippen LogP) is 12.9. The van der Waals surface area contributed by atoms with Crippen LogP contribution in [0, 0.1) is 0 Å². The fourth-order valence-electron chi connectivity index (χ4n) is 9.67. The van der Waals surface area contributed by atoms with E-state index >= 15 is 0 Å².